The van der Waals surface area contributed by atoms with E-state index >= 15 is 0 Å². The van der Waals surface area contributed by atoms with Crippen LogP contribution >= 0.6 is 0 Å². The molecule has 0 spiro atoms. The van der Waals surface area contributed by atoms with E-state index < -0.39 is 0 Å². The van der Waals surface area contributed by atoms with Gasteiger partial charge in [-0.3, -0.25) is 14.5 Å². The molecule has 0 radical (unpaired) electrons. The van der Waals surface area contributed by atoms with Crippen LogP contribution in [0.5, 0.6) is 17.2 Å². The van der Waals surface area contributed by atoms with Crippen molar-refractivity contribution in [1.29, 1.82) is 0 Å². The van der Waals surface area contributed by atoms with Crippen molar-refractivity contribution in [2.24, 2.45) is 0 Å². The van der Waals surface area contributed by atoms with E-state index in [2.05, 4.69) is 0 Å². The summed E-state index contributed by atoms with van der Waals surface area (Å²) in [7, 11) is 4.77. The lowest BCUT2D eigenvalue weighted by molar-refractivity contribution is -0.120. The van der Waals surface area contributed by atoms with Crippen LogP contribution in [-0.2, 0) is 9.59 Å². The highest BCUT2D eigenvalue weighted by Crippen LogP contribution is 2.50. The summed E-state index contributed by atoms with van der Waals surface area (Å²) in [4.78, 5) is 29.4. The van der Waals surface area contributed by atoms with Gasteiger partial charge in [-0.15, -0.1) is 0 Å². The lowest BCUT2D eigenvalue weighted by Gasteiger charge is -2.41. The summed E-state index contributed by atoms with van der Waals surface area (Å²) in [5.74, 6) is 1.38. The van der Waals surface area contributed by atoms with Gasteiger partial charge < -0.3 is 14.2 Å². The first-order valence-corrected chi connectivity index (χ1v) is 12.0. The fourth-order valence-electron chi connectivity index (χ4n) is 5.47. The average molecular weight is 484 g/mol. The number of methoxy groups -OCH3 is 3. The normalized spacial score (nSPS) is 19.7. The van der Waals surface area contributed by atoms with E-state index in [4.69, 9.17) is 14.2 Å². The molecule has 184 valence electrons. The third kappa shape index (κ3) is 4.13. The Morgan fingerprint density at radius 3 is 2.19 bits per heavy atom. The summed E-state index contributed by atoms with van der Waals surface area (Å²) < 4.78 is 16.7. The van der Waals surface area contributed by atoms with Gasteiger partial charge in [0.15, 0.2) is 5.78 Å². The first kappa shape index (κ1) is 23.7. The van der Waals surface area contributed by atoms with Gasteiger partial charge in [-0.1, -0.05) is 48.5 Å². The molecule has 3 aromatic rings. The van der Waals surface area contributed by atoms with E-state index in [1.807, 2.05) is 54.6 Å². The number of benzene rings is 3. The molecule has 2 unspecified atom stereocenters. The van der Waals surface area contributed by atoms with Crippen molar-refractivity contribution in [2.45, 2.75) is 31.1 Å². The Kier molecular flexibility index (Phi) is 6.51. The summed E-state index contributed by atoms with van der Waals surface area (Å²) >= 11 is 0. The van der Waals surface area contributed by atoms with Gasteiger partial charge in [0, 0.05) is 41.7 Å². The fraction of sp³-hybridized carbons (Fsp3) is 0.267. The van der Waals surface area contributed by atoms with Crippen molar-refractivity contribution >= 4 is 17.4 Å². The molecular weight excluding hydrogens is 454 g/mol. The number of carbonyl (C=O) groups is 2. The second kappa shape index (κ2) is 9.90. The second-order valence-electron chi connectivity index (χ2n) is 9.06. The van der Waals surface area contributed by atoms with Gasteiger partial charge in [0.05, 0.1) is 27.0 Å². The number of carbonyl (C=O) groups excluding carboxylic acids is 2. The summed E-state index contributed by atoms with van der Waals surface area (Å²) in [5, 5.41) is 0. The number of Topliss-reactive ketones (excluding diaryl/α,β-unsaturated/α-hetero) is 1. The van der Waals surface area contributed by atoms with Gasteiger partial charge in [0.2, 0.25) is 5.91 Å². The molecule has 36 heavy (non-hydrogen) atoms. The van der Waals surface area contributed by atoms with Crippen LogP contribution in [0.15, 0.2) is 84.1 Å². The van der Waals surface area contributed by atoms with Crippen LogP contribution in [0.2, 0.25) is 0 Å². The first-order chi connectivity index (χ1) is 17.5. The Bertz CT molecular complexity index is 1330. The number of para-hydroxylation sites is 1. The van der Waals surface area contributed by atoms with Crippen molar-refractivity contribution < 1.29 is 23.8 Å². The fourth-order valence-corrected chi connectivity index (χ4v) is 5.47. The van der Waals surface area contributed by atoms with Crippen molar-refractivity contribution in [2.75, 3.05) is 26.2 Å². The van der Waals surface area contributed by atoms with Gasteiger partial charge in [-0.05, 0) is 36.1 Å². The highest BCUT2D eigenvalue weighted by molar-refractivity contribution is 6.08. The maximum absolute atomic E-state index is 13.9. The maximum atomic E-state index is 13.9. The number of nitrogens with zero attached hydrogens (tertiary/aromatic N) is 1. The summed E-state index contributed by atoms with van der Waals surface area (Å²) in [6.45, 7) is 0. The molecule has 2 aliphatic rings. The minimum atomic E-state index is -0.374. The maximum Gasteiger partial charge on any atom is 0.232 e. The van der Waals surface area contributed by atoms with E-state index in [1.54, 1.807) is 44.4 Å². The first-order valence-electron chi connectivity index (χ1n) is 12.0. The number of ketones is 1. The number of amides is 1. The molecule has 2 atom stereocenters. The zero-order chi connectivity index (χ0) is 25.2. The van der Waals surface area contributed by atoms with Crippen LogP contribution in [0.1, 0.15) is 42.2 Å². The van der Waals surface area contributed by atoms with Crippen molar-refractivity contribution in [3.8, 4) is 17.2 Å². The molecule has 6 nitrogen and oxygen atoms in total. The molecule has 1 aliphatic heterocycles. The van der Waals surface area contributed by atoms with Crippen LogP contribution in [0.3, 0.4) is 0 Å². The van der Waals surface area contributed by atoms with E-state index in [9.17, 15) is 9.59 Å². The zero-order valence-corrected chi connectivity index (χ0v) is 20.7. The molecule has 1 heterocycles. The predicted molar refractivity (Wildman–Crippen MR) is 138 cm³/mol. The smallest absolute Gasteiger partial charge is 0.232 e. The molecular formula is C30H29NO5. The standard InChI is InChI=1S/C30H29NO5/c1-34-21-13-14-28(36-3)24(17-21)31-25-15-20(19-9-5-4-6-10-19)16-26(32)30(25)23(18-29(31)33)22-11-7-8-12-27(22)35-2/h4-14,17,20,23H,15-16,18H2,1-3H3. The predicted octanol–water partition coefficient (Wildman–Crippen LogP) is 5.63. The molecule has 6 heteroatoms. The van der Waals surface area contributed by atoms with Crippen LogP contribution in [0.4, 0.5) is 5.69 Å². The lowest BCUT2D eigenvalue weighted by Crippen LogP contribution is -2.42. The molecule has 0 aromatic heterocycles. The van der Waals surface area contributed by atoms with E-state index in [0.29, 0.717) is 41.4 Å². The average Bonchev–Trinajstić information content (AvgIpc) is 2.92. The van der Waals surface area contributed by atoms with Crippen molar-refractivity contribution in [3.63, 3.8) is 0 Å². The Balaban J connectivity index is 1.71. The van der Waals surface area contributed by atoms with Crippen LogP contribution < -0.4 is 19.1 Å². The molecule has 0 saturated heterocycles. The summed E-state index contributed by atoms with van der Waals surface area (Å²) in [6.07, 6.45) is 1.11. The number of rotatable bonds is 6. The Morgan fingerprint density at radius 2 is 1.47 bits per heavy atom. The third-order valence-corrected chi connectivity index (χ3v) is 7.14. The van der Waals surface area contributed by atoms with Crippen molar-refractivity contribution in [1.82, 2.24) is 0 Å². The van der Waals surface area contributed by atoms with E-state index in [1.165, 1.54) is 0 Å². The zero-order valence-electron chi connectivity index (χ0n) is 20.7. The Morgan fingerprint density at radius 1 is 0.750 bits per heavy atom. The topological polar surface area (TPSA) is 65.1 Å². The largest absolute Gasteiger partial charge is 0.497 e. The van der Waals surface area contributed by atoms with Gasteiger partial charge in [0.25, 0.3) is 0 Å². The molecule has 0 N–H and O–H groups in total. The van der Waals surface area contributed by atoms with Gasteiger partial charge in [-0.2, -0.15) is 0 Å². The SMILES string of the molecule is COc1ccc(OC)c(N2C(=O)CC(c3ccccc3OC)C3=C2CC(c2ccccc2)CC3=O)c1. The highest BCUT2D eigenvalue weighted by atomic mass is 16.5. The molecule has 1 amide bonds. The van der Waals surface area contributed by atoms with Gasteiger partial charge in [0.1, 0.15) is 17.2 Å². The number of anilines is 1. The number of ether oxygens (including phenoxy) is 3. The van der Waals surface area contributed by atoms with Gasteiger partial charge >= 0.3 is 0 Å². The van der Waals surface area contributed by atoms with Crippen LogP contribution in [0.25, 0.3) is 0 Å². The van der Waals surface area contributed by atoms with Crippen molar-refractivity contribution in [3.05, 3.63) is 95.2 Å². The molecule has 0 fully saturated rings. The van der Waals surface area contributed by atoms with Crippen LogP contribution in [-0.4, -0.2) is 33.0 Å². The number of hydrogen-bond acceptors (Lipinski definition) is 5. The summed E-state index contributed by atoms with van der Waals surface area (Å²) in [6, 6.07) is 23.0. The number of hydrogen-bond donors (Lipinski definition) is 0. The van der Waals surface area contributed by atoms with Crippen LogP contribution in [0, 0.1) is 0 Å². The molecule has 0 saturated carbocycles. The molecule has 3 aromatic carbocycles. The summed E-state index contributed by atoms with van der Waals surface area (Å²) in [5.41, 5.74) is 3.91. The highest BCUT2D eigenvalue weighted by Gasteiger charge is 2.43. The van der Waals surface area contributed by atoms with E-state index in [-0.39, 0.29) is 29.9 Å². The Hall–Kier alpha value is -4.06. The molecule has 1 aliphatic carbocycles. The van der Waals surface area contributed by atoms with E-state index in [0.717, 1.165) is 16.8 Å². The Labute approximate surface area is 211 Å². The minimum Gasteiger partial charge on any atom is -0.497 e. The monoisotopic (exact) mass is 483 g/mol. The second-order valence-corrected chi connectivity index (χ2v) is 9.06. The molecule has 5 rings (SSSR count). The number of allylic oxidation sites excluding steroid dienone is 2. The minimum absolute atomic E-state index is 0.0271. The van der Waals surface area contributed by atoms with Gasteiger partial charge in [-0.25, -0.2) is 0 Å². The molecule has 0 bridgehead atoms. The third-order valence-electron chi connectivity index (χ3n) is 7.14. The quantitative estimate of drug-likeness (QED) is 0.454. The lowest BCUT2D eigenvalue weighted by atomic mass is 9.72.